The molecule has 8 nitrogen and oxygen atoms in total. The SMILES string of the molecule is CCCNC(=O)C(C)N(Cc1ccccc1C)C(=O)CN(c1cccc(OC)c1)S(=O)(=O)c1ccc(C)cc1. The molecule has 0 saturated heterocycles. The van der Waals surface area contributed by atoms with E-state index in [-0.39, 0.29) is 23.0 Å². The van der Waals surface area contributed by atoms with Crippen LogP contribution in [0.1, 0.15) is 37.0 Å². The third-order valence-electron chi connectivity index (χ3n) is 6.55. The molecular formula is C30H37N3O5S. The van der Waals surface area contributed by atoms with Crippen LogP contribution in [0, 0.1) is 13.8 Å². The summed E-state index contributed by atoms with van der Waals surface area (Å²) in [6, 6.07) is 19.8. The average Bonchev–Trinajstić information content (AvgIpc) is 2.93. The highest BCUT2D eigenvalue weighted by Gasteiger charge is 2.32. The quantitative estimate of drug-likeness (QED) is 0.359. The van der Waals surface area contributed by atoms with Gasteiger partial charge in [0.25, 0.3) is 10.0 Å². The minimum atomic E-state index is -4.14. The van der Waals surface area contributed by atoms with Crippen LogP contribution < -0.4 is 14.4 Å². The number of hydrogen-bond acceptors (Lipinski definition) is 5. The van der Waals surface area contributed by atoms with Crippen molar-refractivity contribution in [2.75, 3.05) is 24.5 Å². The summed E-state index contributed by atoms with van der Waals surface area (Å²) in [4.78, 5) is 28.4. The van der Waals surface area contributed by atoms with Crippen molar-refractivity contribution in [3.05, 3.63) is 89.5 Å². The van der Waals surface area contributed by atoms with Gasteiger partial charge in [-0.2, -0.15) is 0 Å². The molecule has 0 saturated carbocycles. The van der Waals surface area contributed by atoms with E-state index >= 15 is 0 Å². The predicted molar refractivity (Wildman–Crippen MR) is 153 cm³/mol. The van der Waals surface area contributed by atoms with E-state index in [4.69, 9.17) is 4.74 Å². The molecule has 0 heterocycles. The van der Waals surface area contributed by atoms with Gasteiger partial charge in [0.15, 0.2) is 0 Å². The van der Waals surface area contributed by atoms with Crippen molar-refractivity contribution in [3.63, 3.8) is 0 Å². The van der Waals surface area contributed by atoms with Crippen molar-refractivity contribution < 1.29 is 22.7 Å². The Morgan fingerprint density at radius 2 is 1.67 bits per heavy atom. The van der Waals surface area contributed by atoms with E-state index in [1.54, 1.807) is 43.3 Å². The van der Waals surface area contributed by atoms with Crippen molar-refractivity contribution >= 4 is 27.5 Å². The molecule has 3 aromatic rings. The molecule has 2 amide bonds. The second-order valence-corrected chi connectivity index (χ2v) is 11.3. The molecule has 208 valence electrons. The first-order valence-electron chi connectivity index (χ1n) is 12.9. The average molecular weight is 552 g/mol. The molecule has 3 aromatic carbocycles. The molecule has 1 atom stereocenters. The normalized spacial score (nSPS) is 11.9. The molecule has 0 fully saturated rings. The summed E-state index contributed by atoms with van der Waals surface area (Å²) in [6.07, 6.45) is 0.753. The lowest BCUT2D eigenvalue weighted by molar-refractivity contribution is -0.139. The van der Waals surface area contributed by atoms with Crippen LogP contribution in [0.3, 0.4) is 0 Å². The topological polar surface area (TPSA) is 96.0 Å². The van der Waals surface area contributed by atoms with Crippen molar-refractivity contribution in [3.8, 4) is 5.75 Å². The van der Waals surface area contributed by atoms with Gasteiger partial charge in [0.2, 0.25) is 11.8 Å². The summed E-state index contributed by atoms with van der Waals surface area (Å²) >= 11 is 0. The highest BCUT2D eigenvalue weighted by Crippen LogP contribution is 2.28. The first-order valence-corrected chi connectivity index (χ1v) is 14.4. The Balaban J connectivity index is 2.05. The molecule has 0 spiro atoms. The fourth-order valence-electron chi connectivity index (χ4n) is 4.08. The zero-order valence-electron chi connectivity index (χ0n) is 23.2. The van der Waals surface area contributed by atoms with Crippen LogP contribution in [-0.4, -0.2) is 51.4 Å². The third-order valence-corrected chi connectivity index (χ3v) is 8.34. The zero-order chi connectivity index (χ0) is 28.6. The first-order chi connectivity index (χ1) is 18.6. The van der Waals surface area contributed by atoms with Gasteiger partial charge >= 0.3 is 0 Å². The summed E-state index contributed by atoms with van der Waals surface area (Å²) < 4.78 is 34.2. The molecule has 0 aromatic heterocycles. The Morgan fingerprint density at radius 1 is 0.974 bits per heavy atom. The molecule has 0 aliphatic carbocycles. The van der Waals surface area contributed by atoms with Crippen molar-refractivity contribution in [1.29, 1.82) is 0 Å². The highest BCUT2D eigenvalue weighted by molar-refractivity contribution is 7.92. The maximum absolute atomic E-state index is 14.0. The number of sulfonamides is 1. The summed E-state index contributed by atoms with van der Waals surface area (Å²) in [5, 5.41) is 2.85. The largest absolute Gasteiger partial charge is 0.497 e. The summed E-state index contributed by atoms with van der Waals surface area (Å²) in [5.74, 6) is -0.350. The van der Waals surface area contributed by atoms with Gasteiger partial charge < -0.3 is 15.0 Å². The van der Waals surface area contributed by atoms with Gasteiger partial charge in [0.05, 0.1) is 17.7 Å². The van der Waals surface area contributed by atoms with E-state index in [2.05, 4.69) is 5.32 Å². The van der Waals surface area contributed by atoms with E-state index in [1.807, 2.05) is 45.0 Å². The van der Waals surface area contributed by atoms with Crippen LogP contribution in [0.15, 0.2) is 77.7 Å². The van der Waals surface area contributed by atoms with Gasteiger partial charge in [-0.1, -0.05) is 55.0 Å². The van der Waals surface area contributed by atoms with Gasteiger partial charge in [-0.3, -0.25) is 13.9 Å². The number of rotatable bonds is 12. The standard InChI is InChI=1S/C30H37N3O5S/c1-6-18-31-30(35)24(4)32(20-25-11-8-7-10-23(25)3)29(34)21-33(26-12-9-13-27(19-26)38-5)39(36,37)28-16-14-22(2)15-17-28/h7-17,19,24H,6,18,20-21H2,1-5H3,(H,31,35). The number of hydrogen-bond donors (Lipinski definition) is 1. The molecular weight excluding hydrogens is 514 g/mol. The van der Waals surface area contributed by atoms with Gasteiger partial charge in [0.1, 0.15) is 18.3 Å². The fourth-order valence-corrected chi connectivity index (χ4v) is 5.49. The number of nitrogens with one attached hydrogen (secondary N) is 1. The van der Waals surface area contributed by atoms with Gasteiger partial charge in [-0.15, -0.1) is 0 Å². The van der Waals surface area contributed by atoms with Crippen LogP contribution in [0.4, 0.5) is 5.69 Å². The van der Waals surface area contributed by atoms with E-state index in [0.717, 1.165) is 27.4 Å². The molecule has 0 aliphatic rings. The second-order valence-electron chi connectivity index (χ2n) is 9.44. The Hall–Kier alpha value is -3.85. The number of aryl methyl sites for hydroxylation is 2. The Labute approximate surface area is 231 Å². The molecule has 0 aliphatic heterocycles. The van der Waals surface area contributed by atoms with Crippen molar-refractivity contribution in [2.24, 2.45) is 0 Å². The number of benzene rings is 3. The summed E-state index contributed by atoms with van der Waals surface area (Å²) in [6.45, 7) is 7.55. The summed E-state index contributed by atoms with van der Waals surface area (Å²) in [5.41, 5.74) is 3.03. The number of anilines is 1. The molecule has 1 N–H and O–H groups in total. The van der Waals surface area contributed by atoms with Crippen molar-refractivity contribution in [1.82, 2.24) is 10.2 Å². The van der Waals surface area contributed by atoms with Crippen molar-refractivity contribution in [2.45, 2.75) is 51.6 Å². The van der Waals surface area contributed by atoms with Crippen LogP contribution in [-0.2, 0) is 26.2 Å². The number of methoxy groups -OCH3 is 1. The summed E-state index contributed by atoms with van der Waals surface area (Å²) in [7, 11) is -2.65. The lowest BCUT2D eigenvalue weighted by Gasteiger charge is -2.32. The minimum absolute atomic E-state index is 0.0583. The van der Waals surface area contributed by atoms with E-state index in [0.29, 0.717) is 12.3 Å². The van der Waals surface area contributed by atoms with Gasteiger partial charge in [0, 0.05) is 19.2 Å². The van der Waals surface area contributed by atoms with Gasteiger partial charge in [-0.25, -0.2) is 8.42 Å². The maximum atomic E-state index is 14.0. The van der Waals surface area contributed by atoms with Crippen LogP contribution >= 0.6 is 0 Å². The number of amides is 2. The van der Waals surface area contributed by atoms with E-state index in [1.165, 1.54) is 24.1 Å². The fraction of sp³-hybridized carbons (Fsp3) is 0.333. The lowest BCUT2D eigenvalue weighted by atomic mass is 10.1. The Bertz CT molecular complexity index is 1390. The van der Waals surface area contributed by atoms with E-state index < -0.39 is 28.5 Å². The molecule has 0 bridgehead atoms. The maximum Gasteiger partial charge on any atom is 0.264 e. The highest BCUT2D eigenvalue weighted by atomic mass is 32.2. The number of nitrogens with zero attached hydrogens (tertiary/aromatic N) is 2. The first kappa shape index (κ1) is 29.7. The Morgan fingerprint density at radius 3 is 2.31 bits per heavy atom. The second kappa shape index (κ2) is 13.3. The van der Waals surface area contributed by atoms with Crippen LogP contribution in [0.25, 0.3) is 0 Å². The Kier molecular flexibility index (Phi) is 10.1. The molecule has 0 radical (unpaired) electrons. The van der Waals surface area contributed by atoms with E-state index in [9.17, 15) is 18.0 Å². The monoisotopic (exact) mass is 551 g/mol. The number of carbonyl (C=O) groups is 2. The number of ether oxygens (including phenoxy) is 1. The molecule has 3 rings (SSSR count). The minimum Gasteiger partial charge on any atom is -0.497 e. The zero-order valence-corrected chi connectivity index (χ0v) is 24.0. The predicted octanol–water partition coefficient (Wildman–Crippen LogP) is 4.45. The van der Waals surface area contributed by atoms with Crippen LogP contribution in [0.5, 0.6) is 5.75 Å². The lowest BCUT2D eigenvalue weighted by Crippen LogP contribution is -2.51. The molecule has 39 heavy (non-hydrogen) atoms. The molecule has 9 heteroatoms. The van der Waals surface area contributed by atoms with Crippen LogP contribution in [0.2, 0.25) is 0 Å². The molecule has 1 unspecified atom stereocenters. The third kappa shape index (κ3) is 7.38. The number of carbonyl (C=O) groups excluding carboxylic acids is 2. The van der Waals surface area contributed by atoms with Gasteiger partial charge in [-0.05, 0) is 62.6 Å². The smallest absolute Gasteiger partial charge is 0.264 e.